The van der Waals surface area contributed by atoms with Crippen LogP contribution in [0.4, 0.5) is 0 Å². The van der Waals surface area contributed by atoms with Crippen LogP contribution in [0, 0.1) is 0 Å². The number of halogens is 1. The predicted octanol–water partition coefficient (Wildman–Crippen LogP) is 2.31. The molecule has 7 heteroatoms. The monoisotopic (exact) mass is 378 g/mol. The Morgan fingerprint density at radius 1 is 1.31 bits per heavy atom. The summed E-state index contributed by atoms with van der Waals surface area (Å²) in [5, 5.41) is 7.27. The van der Waals surface area contributed by atoms with E-state index in [-0.39, 0.29) is 30.5 Å². The number of likely N-dealkylation sites (N-methyl/N-ethyl adjacent to an activating group) is 1. The van der Waals surface area contributed by atoms with Gasteiger partial charge in [-0.1, -0.05) is 30.3 Å². The summed E-state index contributed by atoms with van der Waals surface area (Å²) in [6.45, 7) is 2.10. The molecule has 1 aromatic carbocycles. The highest BCUT2D eigenvalue weighted by Crippen LogP contribution is 2.20. The number of piperidine rings is 1. The predicted molar refractivity (Wildman–Crippen MR) is 103 cm³/mol. The molecule has 2 aromatic rings. The third-order valence-corrected chi connectivity index (χ3v) is 4.68. The van der Waals surface area contributed by atoms with Crippen molar-refractivity contribution in [1.29, 1.82) is 0 Å². The first kappa shape index (κ1) is 20.4. The van der Waals surface area contributed by atoms with E-state index in [1.54, 1.807) is 10.9 Å². The molecule has 1 aromatic heterocycles. The normalized spacial score (nSPS) is 16.2. The molecule has 1 atom stereocenters. The Morgan fingerprint density at radius 3 is 2.58 bits per heavy atom. The van der Waals surface area contributed by atoms with E-state index in [2.05, 4.69) is 22.5 Å². The standard InChI is InChI=1S/C19H26N4O2.ClH/c1-20-18(16-12-21-22(2)13-16)19(24)23-10-8-17(9-11-23)25-14-15-6-4-3-5-7-15;/h3-7,12-13,17-18,20H,8-11,14H2,1-2H3;1H. The van der Waals surface area contributed by atoms with Gasteiger partial charge in [-0.2, -0.15) is 5.10 Å². The van der Waals surface area contributed by atoms with E-state index < -0.39 is 0 Å². The van der Waals surface area contributed by atoms with Crippen LogP contribution in [0.15, 0.2) is 42.7 Å². The molecule has 1 N–H and O–H groups in total. The third-order valence-electron chi connectivity index (χ3n) is 4.68. The van der Waals surface area contributed by atoms with Crippen molar-refractivity contribution in [3.63, 3.8) is 0 Å². The second kappa shape index (κ2) is 9.71. The topological polar surface area (TPSA) is 59.4 Å². The molecule has 1 fully saturated rings. The molecule has 1 aliphatic rings. The zero-order chi connectivity index (χ0) is 17.6. The van der Waals surface area contributed by atoms with Gasteiger partial charge in [0.15, 0.2) is 0 Å². The maximum atomic E-state index is 12.8. The third kappa shape index (κ3) is 5.06. The van der Waals surface area contributed by atoms with Crippen LogP contribution >= 0.6 is 12.4 Å². The van der Waals surface area contributed by atoms with Crippen LogP contribution in [0.2, 0.25) is 0 Å². The average Bonchev–Trinajstić information content (AvgIpc) is 3.08. The first-order chi connectivity index (χ1) is 12.2. The lowest BCUT2D eigenvalue weighted by Crippen LogP contribution is -2.45. The second-order valence-corrected chi connectivity index (χ2v) is 6.49. The molecule has 0 bridgehead atoms. The Kier molecular flexibility index (Phi) is 7.63. The molecule has 1 aliphatic heterocycles. The van der Waals surface area contributed by atoms with E-state index in [0.717, 1.165) is 31.5 Å². The largest absolute Gasteiger partial charge is 0.373 e. The Morgan fingerprint density at radius 2 is 2.00 bits per heavy atom. The van der Waals surface area contributed by atoms with Gasteiger partial charge in [0.2, 0.25) is 5.91 Å². The summed E-state index contributed by atoms with van der Waals surface area (Å²) in [6.07, 6.45) is 5.60. The van der Waals surface area contributed by atoms with Gasteiger partial charge in [-0.3, -0.25) is 9.48 Å². The lowest BCUT2D eigenvalue weighted by atomic mass is 10.0. The van der Waals surface area contributed by atoms with Crippen LogP contribution in [-0.2, 0) is 23.2 Å². The molecule has 0 spiro atoms. The number of carbonyl (C=O) groups excluding carboxylic acids is 1. The summed E-state index contributed by atoms with van der Waals surface area (Å²) in [5.74, 6) is 0.108. The second-order valence-electron chi connectivity index (χ2n) is 6.49. The van der Waals surface area contributed by atoms with Crippen molar-refractivity contribution in [3.05, 3.63) is 53.9 Å². The minimum atomic E-state index is -0.338. The molecule has 3 rings (SSSR count). The highest BCUT2D eigenvalue weighted by molar-refractivity contribution is 5.85. The van der Waals surface area contributed by atoms with E-state index in [0.29, 0.717) is 6.61 Å². The van der Waals surface area contributed by atoms with Crippen molar-refractivity contribution in [2.75, 3.05) is 20.1 Å². The summed E-state index contributed by atoms with van der Waals surface area (Å²) in [6, 6.07) is 9.87. The highest BCUT2D eigenvalue weighted by atomic mass is 35.5. The quantitative estimate of drug-likeness (QED) is 0.838. The van der Waals surface area contributed by atoms with Crippen LogP contribution in [0.25, 0.3) is 0 Å². The number of benzene rings is 1. The minimum absolute atomic E-state index is 0. The molecule has 0 radical (unpaired) electrons. The Labute approximate surface area is 160 Å². The number of likely N-dealkylation sites (tertiary alicyclic amines) is 1. The molecular weight excluding hydrogens is 352 g/mol. The van der Waals surface area contributed by atoms with Crippen LogP contribution < -0.4 is 5.32 Å². The lowest BCUT2D eigenvalue weighted by Gasteiger charge is -2.34. The maximum Gasteiger partial charge on any atom is 0.244 e. The number of ether oxygens (including phenoxy) is 1. The number of nitrogens with one attached hydrogen (secondary N) is 1. The van der Waals surface area contributed by atoms with Gasteiger partial charge in [0.1, 0.15) is 6.04 Å². The molecule has 2 heterocycles. The minimum Gasteiger partial charge on any atom is -0.373 e. The van der Waals surface area contributed by atoms with Crippen molar-refractivity contribution in [3.8, 4) is 0 Å². The number of hydrogen-bond donors (Lipinski definition) is 1. The number of nitrogens with zero attached hydrogens (tertiary/aromatic N) is 3. The number of aryl methyl sites for hydroxylation is 1. The summed E-state index contributed by atoms with van der Waals surface area (Å²) in [5.41, 5.74) is 2.09. The van der Waals surface area contributed by atoms with Crippen molar-refractivity contribution in [1.82, 2.24) is 20.0 Å². The first-order valence-electron chi connectivity index (χ1n) is 8.77. The van der Waals surface area contributed by atoms with Gasteiger partial charge in [0.05, 0.1) is 18.9 Å². The molecule has 0 aliphatic carbocycles. The van der Waals surface area contributed by atoms with Crippen molar-refractivity contribution in [2.45, 2.75) is 31.6 Å². The number of amides is 1. The molecule has 26 heavy (non-hydrogen) atoms. The zero-order valence-electron chi connectivity index (χ0n) is 15.3. The van der Waals surface area contributed by atoms with Crippen LogP contribution in [-0.4, -0.2) is 46.8 Å². The average molecular weight is 379 g/mol. The summed E-state index contributed by atoms with van der Waals surface area (Å²) in [4.78, 5) is 14.7. The summed E-state index contributed by atoms with van der Waals surface area (Å²) >= 11 is 0. The fourth-order valence-electron chi connectivity index (χ4n) is 3.24. The Hall–Kier alpha value is -1.89. The number of rotatable bonds is 6. The van der Waals surface area contributed by atoms with E-state index in [9.17, 15) is 4.79 Å². The first-order valence-corrected chi connectivity index (χ1v) is 8.77. The summed E-state index contributed by atoms with van der Waals surface area (Å²) in [7, 11) is 3.67. The maximum absolute atomic E-state index is 12.8. The van der Waals surface area contributed by atoms with Crippen LogP contribution in [0.1, 0.15) is 30.0 Å². The fourth-order valence-corrected chi connectivity index (χ4v) is 3.24. The van der Waals surface area contributed by atoms with Crippen LogP contribution in [0.3, 0.4) is 0 Å². The number of aromatic nitrogens is 2. The SMILES string of the molecule is CNC(C(=O)N1CCC(OCc2ccccc2)CC1)c1cnn(C)c1.Cl. The smallest absolute Gasteiger partial charge is 0.244 e. The lowest BCUT2D eigenvalue weighted by molar-refractivity contribution is -0.136. The van der Waals surface area contributed by atoms with E-state index in [1.807, 2.05) is 43.4 Å². The molecule has 6 nitrogen and oxygen atoms in total. The molecular formula is C19H27ClN4O2. The Balaban J connectivity index is 0.00000243. The van der Waals surface area contributed by atoms with E-state index in [1.165, 1.54) is 5.56 Å². The van der Waals surface area contributed by atoms with Gasteiger partial charge in [0, 0.05) is 31.9 Å². The number of hydrogen-bond acceptors (Lipinski definition) is 4. The zero-order valence-corrected chi connectivity index (χ0v) is 16.1. The van der Waals surface area contributed by atoms with Gasteiger partial charge >= 0.3 is 0 Å². The summed E-state index contributed by atoms with van der Waals surface area (Å²) < 4.78 is 7.72. The van der Waals surface area contributed by atoms with Crippen molar-refractivity contribution in [2.24, 2.45) is 7.05 Å². The fraction of sp³-hybridized carbons (Fsp3) is 0.474. The van der Waals surface area contributed by atoms with Crippen molar-refractivity contribution < 1.29 is 9.53 Å². The van der Waals surface area contributed by atoms with Gasteiger partial charge in [-0.05, 0) is 25.5 Å². The van der Waals surface area contributed by atoms with Gasteiger partial charge in [0.25, 0.3) is 0 Å². The number of carbonyl (C=O) groups is 1. The molecule has 1 unspecified atom stereocenters. The van der Waals surface area contributed by atoms with Gasteiger partial charge in [-0.15, -0.1) is 12.4 Å². The molecule has 1 saturated heterocycles. The van der Waals surface area contributed by atoms with E-state index >= 15 is 0 Å². The Bertz CT molecular complexity index is 684. The molecule has 1 amide bonds. The molecule has 142 valence electrons. The van der Waals surface area contributed by atoms with Gasteiger partial charge < -0.3 is 15.0 Å². The van der Waals surface area contributed by atoms with Crippen LogP contribution in [0.5, 0.6) is 0 Å². The highest BCUT2D eigenvalue weighted by Gasteiger charge is 2.29. The molecule has 0 saturated carbocycles. The van der Waals surface area contributed by atoms with E-state index in [4.69, 9.17) is 4.74 Å². The van der Waals surface area contributed by atoms with Gasteiger partial charge in [-0.25, -0.2) is 0 Å². The van der Waals surface area contributed by atoms with Crippen molar-refractivity contribution >= 4 is 18.3 Å².